The van der Waals surface area contributed by atoms with Crippen LogP contribution >= 0.6 is 0 Å². The molecular formula is C20H26FN2O2+. The molecule has 0 saturated carbocycles. The van der Waals surface area contributed by atoms with Gasteiger partial charge in [-0.05, 0) is 36.8 Å². The number of benzene rings is 2. The van der Waals surface area contributed by atoms with Crippen molar-refractivity contribution in [1.29, 1.82) is 0 Å². The molecule has 0 fully saturated rings. The SMILES string of the molecule is COc1ccc(C)cc1NC(=O)C[NH2+][C@H](c1ccc(F)cc1)C(C)C. The van der Waals surface area contributed by atoms with Crippen LogP contribution in [0, 0.1) is 18.7 Å². The predicted molar refractivity (Wildman–Crippen MR) is 97.1 cm³/mol. The maximum Gasteiger partial charge on any atom is 0.279 e. The number of anilines is 1. The van der Waals surface area contributed by atoms with Gasteiger partial charge >= 0.3 is 0 Å². The van der Waals surface area contributed by atoms with Crippen molar-refractivity contribution >= 4 is 11.6 Å². The Morgan fingerprint density at radius 1 is 1.20 bits per heavy atom. The molecule has 0 saturated heterocycles. The molecule has 25 heavy (non-hydrogen) atoms. The summed E-state index contributed by atoms with van der Waals surface area (Å²) in [6, 6.07) is 12.2. The molecule has 1 amide bonds. The predicted octanol–water partition coefficient (Wildman–Crippen LogP) is 3.04. The van der Waals surface area contributed by atoms with Crippen LogP contribution in [0.5, 0.6) is 5.75 Å². The first kappa shape index (κ1) is 18.9. The molecule has 0 radical (unpaired) electrons. The summed E-state index contributed by atoms with van der Waals surface area (Å²) in [7, 11) is 1.58. The molecule has 2 rings (SSSR count). The van der Waals surface area contributed by atoms with Gasteiger partial charge in [-0.15, -0.1) is 0 Å². The fourth-order valence-electron chi connectivity index (χ4n) is 2.83. The van der Waals surface area contributed by atoms with Crippen molar-refractivity contribution in [3.05, 3.63) is 59.4 Å². The van der Waals surface area contributed by atoms with Crippen LogP contribution in [0.3, 0.4) is 0 Å². The van der Waals surface area contributed by atoms with E-state index in [1.165, 1.54) is 12.1 Å². The Morgan fingerprint density at radius 3 is 2.48 bits per heavy atom. The third-order valence-corrected chi connectivity index (χ3v) is 4.16. The molecule has 0 aliphatic heterocycles. The maximum absolute atomic E-state index is 13.1. The summed E-state index contributed by atoms with van der Waals surface area (Å²) < 4.78 is 18.4. The summed E-state index contributed by atoms with van der Waals surface area (Å²) in [6.45, 7) is 6.42. The summed E-state index contributed by atoms with van der Waals surface area (Å²) >= 11 is 0. The van der Waals surface area contributed by atoms with E-state index in [9.17, 15) is 9.18 Å². The van der Waals surface area contributed by atoms with Crippen LogP contribution in [-0.2, 0) is 4.79 Å². The maximum atomic E-state index is 13.1. The summed E-state index contributed by atoms with van der Waals surface area (Å²) in [5.41, 5.74) is 2.73. The van der Waals surface area contributed by atoms with Gasteiger partial charge in [0.2, 0.25) is 0 Å². The summed E-state index contributed by atoms with van der Waals surface area (Å²) in [4.78, 5) is 12.3. The number of amides is 1. The fraction of sp³-hybridized carbons (Fsp3) is 0.350. The quantitative estimate of drug-likeness (QED) is 0.810. The first-order chi connectivity index (χ1) is 11.9. The highest BCUT2D eigenvalue weighted by Gasteiger charge is 2.21. The summed E-state index contributed by atoms with van der Waals surface area (Å²) in [6.07, 6.45) is 0. The van der Waals surface area contributed by atoms with E-state index in [1.807, 2.05) is 30.4 Å². The van der Waals surface area contributed by atoms with E-state index >= 15 is 0 Å². The van der Waals surface area contributed by atoms with Crippen LogP contribution in [0.4, 0.5) is 10.1 Å². The van der Waals surface area contributed by atoms with Crippen LogP contribution in [0.25, 0.3) is 0 Å². The lowest BCUT2D eigenvalue weighted by atomic mass is 9.96. The van der Waals surface area contributed by atoms with Crippen LogP contribution in [0.15, 0.2) is 42.5 Å². The standard InChI is InChI=1S/C20H25FN2O2/c1-13(2)20(15-6-8-16(21)9-7-15)22-12-19(24)23-17-11-14(3)5-10-18(17)25-4/h5-11,13,20,22H,12H2,1-4H3,(H,23,24)/p+1/t20-/m0/s1. The molecule has 0 aliphatic rings. The second-order valence-corrected chi connectivity index (χ2v) is 6.51. The number of hydrogen-bond acceptors (Lipinski definition) is 2. The van der Waals surface area contributed by atoms with Gasteiger partial charge in [-0.1, -0.05) is 32.0 Å². The van der Waals surface area contributed by atoms with Gasteiger partial charge in [0, 0.05) is 11.5 Å². The Balaban J connectivity index is 2.02. The van der Waals surface area contributed by atoms with Crippen molar-refractivity contribution in [2.45, 2.75) is 26.8 Å². The number of methoxy groups -OCH3 is 1. The third kappa shape index (κ3) is 5.29. The Labute approximate surface area is 148 Å². The minimum absolute atomic E-state index is 0.0887. The van der Waals surface area contributed by atoms with Gasteiger partial charge in [0.15, 0.2) is 6.54 Å². The lowest BCUT2D eigenvalue weighted by molar-refractivity contribution is -0.692. The highest BCUT2D eigenvalue weighted by atomic mass is 19.1. The highest BCUT2D eigenvalue weighted by molar-refractivity contribution is 5.93. The van der Waals surface area contributed by atoms with Gasteiger partial charge in [-0.25, -0.2) is 4.39 Å². The largest absolute Gasteiger partial charge is 0.495 e. The van der Waals surface area contributed by atoms with Gasteiger partial charge in [-0.2, -0.15) is 0 Å². The first-order valence-corrected chi connectivity index (χ1v) is 8.44. The second-order valence-electron chi connectivity index (χ2n) is 6.51. The lowest BCUT2D eigenvalue weighted by Gasteiger charge is -2.19. The molecule has 134 valence electrons. The van der Waals surface area contributed by atoms with Crippen LogP contribution in [-0.4, -0.2) is 19.6 Å². The number of quaternary nitrogens is 1. The van der Waals surface area contributed by atoms with Crippen LogP contribution in [0.1, 0.15) is 31.0 Å². The molecule has 0 aliphatic carbocycles. The molecule has 0 unspecified atom stereocenters. The van der Waals surface area contributed by atoms with Crippen molar-refractivity contribution in [1.82, 2.24) is 0 Å². The van der Waals surface area contributed by atoms with Crippen LogP contribution in [0.2, 0.25) is 0 Å². The minimum Gasteiger partial charge on any atom is -0.495 e. The van der Waals surface area contributed by atoms with Crippen molar-refractivity contribution in [2.75, 3.05) is 19.0 Å². The molecule has 0 heterocycles. The molecule has 2 aromatic carbocycles. The zero-order chi connectivity index (χ0) is 18.4. The van der Waals surface area contributed by atoms with E-state index in [-0.39, 0.29) is 24.3 Å². The highest BCUT2D eigenvalue weighted by Crippen LogP contribution is 2.25. The molecule has 0 bridgehead atoms. The van der Waals surface area contributed by atoms with E-state index in [1.54, 1.807) is 19.2 Å². The molecule has 2 aromatic rings. The Kier molecular flexibility index (Phi) is 6.53. The molecule has 0 aromatic heterocycles. The molecule has 0 spiro atoms. The average molecular weight is 345 g/mol. The van der Waals surface area contributed by atoms with Crippen molar-refractivity contribution in [3.63, 3.8) is 0 Å². The zero-order valence-electron chi connectivity index (χ0n) is 15.2. The molecular weight excluding hydrogens is 319 g/mol. The summed E-state index contributed by atoms with van der Waals surface area (Å²) in [5.74, 6) is 0.594. The number of rotatable bonds is 7. The molecule has 5 heteroatoms. The Bertz CT molecular complexity index is 714. The van der Waals surface area contributed by atoms with E-state index in [2.05, 4.69) is 19.2 Å². The van der Waals surface area contributed by atoms with E-state index in [0.29, 0.717) is 17.4 Å². The number of nitrogens with one attached hydrogen (secondary N) is 1. The van der Waals surface area contributed by atoms with Gasteiger partial charge in [0.25, 0.3) is 5.91 Å². The lowest BCUT2D eigenvalue weighted by Crippen LogP contribution is -2.88. The van der Waals surface area contributed by atoms with E-state index in [4.69, 9.17) is 4.74 Å². The van der Waals surface area contributed by atoms with Crippen molar-refractivity contribution in [2.24, 2.45) is 5.92 Å². The summed E-state index contributed by atoms with van der Waals surface area (Å²) in [5, 5.41) is 4.88. The number of nitrogens with two attached hydrogens (primary N) is 1. The number of carbonyl (C=O) groups excluding carboxylic acids is 1. The Hall–Kier alpha value is -2.40. The van der Waals surface area contributed by atoms with Gasteiger partial charge < -0.3 is 15.4 Å². The van der Waals surface area contributed by atoms with E-state index in [0.717, 1.165) is 11.1 Å². The second kappa shape index (κ2) is 8.62. The number of carbonyl (C=O) groups is 1. The minimum atomic E-state index is -0.254. The van der Waals surface area contributed by atoms with E-state index < -0.39 is 0 Å². The number of aryl methyl sites for hydroxylation is 1. The smallest absolute Gasteiger partial charge is 0.279 e. The topological polar surface area (TPSA) is 54.9 Å². The number of ether oxygens (including phenoxy) is 1. The van der Waals surface area contributed by atoms with Gasteiger partial charge in [0.05, 0.1) is 12.8 Å². The Morgan fingerprint density at radius 2 is 1.88 bits per heavy atom. The average Bonchev–Trinajstić information content (AvgIpc) is 2.56. The van der Waals surface area contributed by atoms with Gasteiger partial charge in [0.1, 0.15) is 17.6 Å². The number of hydrogen-bond donors (Lipinski definition) is 2. The third-order valence-electron chi connectivity index (χ3n) is 4.16. The fourth-order valence-corrected chi connectivity index (χ4v) is 2.83. The van der Waals surface area contributed by atoms with Crippen molar-refractivity contribution < 1.29 is 19.2 Å². The first-order valence-electron chi connectivity index (χ1n) is 8.44. The van der Waals surface area contributed by atoms with Gasteiger partial charge in [-0.3, -0.25) is 4.79 Å². The monoisotopic (exact) mass is 345 g/mol. The molecule has 4 nitrogen and oxygen atoms in total. The molecule has 3 N–H and O–H groups in total. The zero-order valence-corrected chi connectivity index (χ0v) is 15.2. The van der Waals surface area contributed by atoms with Crippen molar-refractivity contribution in [3.8, 4) is 5.75 Å². The normalized spacial score (nSPS) is 12.1. The number of halogens is 1. The molecule has 1 atom stereocenters. The van der Waals surface area contributed by atoms with Crippen LogP contribution < -0.4 is 15.4 Å².